The van der Waals surface area contributed by atoms with Crippen molar-refractivity contribution in [3.05, 3.63) is 101 Å². The van der Waals surface area contributed by atoms with Crippen LogP contribution < -0.4 is 26.3 Å². The molecule has 4 heterocycles. The monoisotopic (exact) mass is 1130 g/mol. The van der Waals surface area contributed by atoms with E-state index in [2.05, 4.69) is 53.6 Å². The highest BCUT2D eigenvalue weighted by Crippen LogP contribution is 2.42. The Labute approximate surface area is 447 Å². The first-order valence-corrected chi connectivity index (χ1v) is 24.2. The minimum absolute atomic E-state index is 0.196. The number of fused-ring (bicyclic) bond motifs is 2. The third-order valence-electron chi connectivity index (χ3n) is 13.9. The van der Waals surface area contributed by atoms with Gasteiger partial charge in [-0.1, -0.05) is 24.0 Å². The molecule has 2 bridgehead atoms. The number of amides is 4. The molecule has 4 aromatic rings. The number of morpholine rings is 1. The van der Waals surface area contributed by atoms with Crippen LogP contribution in [0.25, 0.3) is 11.3 Å². The van der Waals surface area contributed by atoms with Gasteiger partial charge in [0.15, 0.2) is 0 Å². The van der Waals surface area contributed by atoms with Gasteiger partial charge in [-0.2, -0.15) is 40.2 Å². The van der Waals surface area contributed by atoms with Crippen molar-refractivity contribution in [1.29, 1.82) is 0 Å². The van der Waals surface area contributed by atoms with Gasteiger partial charge in [-0.15, -0.1) is 0 Å². The fourth-order valence-corrected chi connectivity index (χ4v) is 8.57. The van der Waals surface area contributed by atoms with E-state index < -0.39 is 115 Å². The molecule has 4 amide bonds. The Bertz CT molecular complexity index is 2820. The summed E-state index contributed by atoms with van der Waals surface area (Å²) in [7, 11) is 3.67. The Morgan fingerprint density at radius 1 is 0.797 bits per heavy atom. The first-order valence-electron chi connectivity index (χ1n) is 24.2. The molecule has 0 saturated carbocycles. The number of hydrogen-bond acceptors (Lipinski definition) is 13. The van der Waals surface area contributed by atoms with E-state index in [1.54, 1.807) is 17.6 Å². The van der Waals surface area contributed by atoms with Gasteiger partial charge < -0.3 is 40.2 Å². The zero-order chi connectivity index (χ0) is 58.4. The summed E-state index contributed by atoms with van der Waals surface area (Å²) < 4.78 is 161. The maximum absolute atomic E-state index is 16.0. The number of alkyl carbamates (subject to hydrolysis) is 2. The molecular weight excluding hydrogens is 1070 g/mol. The summed E-state index contributed by atoms with van der Waals surface area (Å²) in [4.78, 5) is 61.9. The maximum atomic E-state index is 16.0. The summed E-state index contributed by atoms with van der Waals surface area (Å²) in [6.07, 6.45) is -13.6. The van der Waals surface area contributed by atoms with Crippen LogP contribution in [0.15, 0.2) is 67.0 Å². The van der Waals surface area contributed by atoms with Crippen molar-refractivity contribution in [3.8, 4) is 23.1 Å². The highest BCUT2D eigenvalue weighted by molar-refractivity contribution is 5.87. The van der Waals surface area contributed by atoms with E-state index >= 15 is 8.78 Å². The molecule has 18 nitrogen and oxygen atoms in total. The lowest BCUT2D eigenvalue weighted by molar-refractivity contribution is -0.221. The number of alkyl halides is 8. The van der Waals surface area contributed by atoms with Crippen LogP contribution in [-0.2, 0) is 36.8 Å². The third-order valence-corrected chi connectivity index (χ3v) is 13.9. The first kappa shape index (κ1) is 61.0. The molecule has 2 unspecified atom stereocenters. The molecule has 2 aliphatic rings. The van der Waals surface area contributed by atoms with Gasteiger partial charge in [0.25, 0.3) is 5.91 Å². The molecule has 0 aliphatic carbocycles. The van der Waals surface area contributed by atoms with E-state index in [-0.39, 0.29) is 33.6 Å². The zero-order valence-corrected chi connectivity index (χ0v) is 43.6. The number of nitrogens with one attached hydrogen (secondary N) is 4. The number of rotatable bonds is 18. The highest BCUT2D eigenvalue weighted by atomic mass is 19.4. The molecule has 79 heavy (non-hydrogen) atoms. The smallest absolute Gasteiger partial charge is 0.407 e. The standard InChI is InChI=1S/C51H58F10N10O8/c1-48(2,50(56,57)58)41(64-46(75)77-6)43(73)63-38(18-29-11-8-28(9-12-29)10-13-30-14-15-40(62-21-30)69-22-32-26-79-27-33(23-69)68(32)5)39(72)25-70(67-44(74)42(65-47(76)78-7)49(3,4)51(59,60)61)24-34-35(52)19-31(20-36(34)53)37-16-17-71(66-37)45(54)55/h8-9,11-12,14-17,19-21,32-33,38-39,41-42,45,72H,18,22-27H2,1-7H3,(H,63,73)(H,64,75)(H,65,76)(H,67,74)/t32?,33?,38-,39-,41+,42+/m0/s1. The number of anilines is 1. The first-order chi connectivity index (χ1) is 36.9. The van der Waals surface area contributed by atoms with Gasteiger partial charge in [-0.05, 0) is 89.2 Å². The van der Waals surface area contributed by atoms with Gasteiger partial charge in [-0.3, -0.25) is 19.9 Å². The van der Waals surface area contributed by atoms with Crippen LogP contribution in [0.2, 0.25) is 0 Å². The number of ether oxygens (including phenoxy) is 3. The summed E-state index contributed by atoms with van der Waals surface area (Å²) in [5.41, 5.74) is -4.46. The quantitative estimate of drug-likeness (QED) is 0.0436. The highest BCUT2D eigenvalue weighted by Gasteiger charge is 2.57. The summed E-state index contributed by atoms with van der Waals surface area (Å²) in [6, 6.07) is 5.64. The number of piperazine rings is 1. The summed E-state index contributed by atoms with van der Waals surface area (Å²) in [5.74, 6) is 0.679. The molecule has 2 fully saturated rings. The minimum atomic E-state index is -5.23. The number of hydrogen-bond donors (Lipinski definition) is 5. The lowest BCUT2D eigenvalue weighted by Crippen LogP contribution is -2.63. The molecule has 2 aromatic carbocycles. The Hall–Kier alpha value is -7.22. The Morgan fingerprint density at radius 2 is 1.33 bits per heavy atom. The molecule has 6 rings (SSSR count). The molecular formula is C51H58F10N10O8. The lowest BCUT2D eigenvalue weighted by Gasteiger charge is -2.48. The molecule has 28 heteroatoms. The molecule has 0 radical (unpaired) electrons. The van der Waals surface area contributed by atoms with Crippen LogP contribution in [-0.4, -0.2) is 157 Å². The fourth-order valence-electron chi connectivity index (χ4n) is 8.57. The van der Waals surface area contributed by atoms with Gasteiger partial charge in [0.1, 0.15) is 29.5 Å². The van der Waals surface area contributed by atoms with Crippen LogP contribution in [0.4, 0.5) is 59.3 Å². The van der Waals surface area contributed by atoms with Gasteiger partial charge in [-0.25, -0.2) is 33.0 Å². The van der Waals surface area contributed by atoms with Crippen molar-refractivity contribution >= 4 is 29.8 Å². The van der Waals surface area contributed by atoms with E-state index in [1.807, 2.05) is 16.8 Å². The van der Waals surface area contributed by atoms with Crippen molar-refractivity contribution in [2.24, 2.45) is 10.8 Å². The molecule has 2 saturated heterocycles. The summed E-state index contributed by atoms with van der Waals surface area (Å²) in [5, 5.41) is 22.0. The average molecular weight is 1130 g/mol. The van der Waals surface area contributed by atoms with Gasteiger partial charge >= 0.3 is 31.1 Å². The number of methoxy groups -OCH3 is 2. The van der Waals surface area contributed by atoms with Crippen molar-refractivity contribution in [2.75, 3.05) is 59.0 Å². The second kappa shape index (κ2) is 24.8. The number of benzene rings is 2. The zero-order valence-electron chi connectivity index (χ0n) is 43.6. The van der Waals surface area contributed by atoms with Crippen LogP contribution in [0.3, 0.4) is 0 Å². The SMILES string of the molecule is COC(=O)N[C@H](C(=O)N[C@@H](Cc1ccc(C#Cc2ccc(N3CC4COCC(C3)N4C)nc2)cc1)[C@@H](O)CN(Cc1c(F)cc(-c2ccn(C(F)F)n2)cc1F)NC(=O)[C@@H](NC(=O)OC)C(C)(C)C(F)(F)F)C(C)(C)C(F)(F)F. The number of aliphatic hydroxyl groups excluding tert-OH is 1. The Kier molecular flexibility index (Phi) is 19.2. The van der Waals surface area contributed by atoms with Gasteiger partial charge in [0.2, 0.25) is 5.91 Å². The number of pyridine rings is 1. The summed E-state index contributed by atoms with van der Waals surface area (Å²) >= 11 is 0. The van der Waals surface area contributed by atoms with Crippen molar-refractivity contribution in [2.45, 2.75) is 95.9 Å². The van der Waals surface area contributed by atoms with Crippen LogP contribution >= 0.6 is 0 Å². The molecule has 2 aromatic heterocycles. The van der Waals surface area contributed by atoms with Crippen LogP contribution in [0.1, 0.15) is 56.5 Å². The van der Waals surface area contributed by atoms with Gasteiger partial charge in [0, 0.05) is 60.8 Å². The molecule has 5 N–H and O–H groups in total. The van der Waals surface area contributed by atoms with Crippen molar-refractivity contribution in [3.63, 3.8) is 0 Å². The Morgan fingerprint density at radius 3 is 1.82 bits per heavy atom. The molecule has 430 valence electrons. The van der Waals surface area contributed by atoms with Gasteiger partial charge in [0.05, 0.1) is 68.2 Å². The molecule has 6 atom stereocenters. The van der Waals surface area contributed by atoms with E-state index in [0.29, 0.717) is 69.2 Å². The summed E-state index contributed by atoms with van der Waals surface area (Å²) in [6.45, 7) is -0.477. The van der Waals surface area contributed by atoms with E-state index in [9.17, 15) is 59.4 Å². The van der Waals surface area contributed by atoms with Crippen molar-refractivity contribution < 1.29 is 82.4 Å². The second-order valence-electron chi connectivity index (χ2n) is 20.0. The normalized spacial score (nSPS) is 17.7. The van der Waals surface area contributed by atoms with E-state index in [4.69, 9.17) is 4.74 Å². The largest absolute Gasteiger partial charge is 0.453 e. The van der Waals surface area contributed by atoms with E-state index in [0.717, 1.165) is 45.4 Å². The van der Waals surface area contributed by atoms with Crippen LogP contribution in [0.5, 0.6) is 0 Å². The predicted molar refractivity (Wildman–Crippen MR) is 262 cm³/mol. The predicted octanol–water partition coefficient (Wildman–Crippen LogP) is 6.09. The number of likely N-dealkylation sites (N-methyl/N-ethyl adjacent to an activating group) is 1. The second-order valence-corrected chi connectivity index (χ2v) is 20.0. The number of hydrazine groups is 1. The minimum Gasteiger partial charge on any atom is -0.453 e. The number of carbonyl (C=O) groups is 4. The fraction of sp³-hybridized carbons (Fsp3) is 0.490. The average Bonchev–Trinajstić information content (AvgIpc) is 4.02. The van der Waals surface area contributed by atoms with Crippen LogP contribution in [0, 0.1) is 34.3 Å². The number of aromatic nitrogens is 3. The van der Waals surface area contributed by atoms with E-state index in [1.165, 1.54) is 24.3 Å². The number of halogens is 10. The molecule has 2 aliphatic heterocycles. The third kappa shape index (κ3) is 14.7. The van der Waals surface area contributed by atoms with Crippen molar-refractivity contribution in [1.82, 2.24) is 46.0 Å². The molecule has 0 spiro atoms. The number of aliphatic hydroxyl groups is 1. The maximum Gasteiger partial charge on any atom is 0.407 e. The number of nitrogens with zero attached hydrogens (tertiary/aromatic N) is 6. The lowest BCUT2D eigenvalue weighted by atomic mass is 9.82. The topological polar surface area (TPSA) is 205 Å². The Balaban J connectivity index is 1.34. The number of carbonyl (C=O) groups excluding carboxylic acids is 4.